The number of para-hydroxylation sites is 2. The van der Waals surface area contributed by atoms with Gasteiger partial charge in [-0.15, -0.1) is 0 Å². The van der Waals surface area contributed by atoms with Crippen molar-refractivity contribution in [3.8, 4) is 0 Å². The van der Waals surface area contributed by atoms with Gasteiger partial charge in [0.2, 0.25) is 0 Å². The van der Waals surface area contributed by atoms with Crippen molar-refractivity contribution in [2.75, 3.05) is 0 Å². The lowest BCUT2D eigenvalue weighted by atomic mass is 10.3. The summed E-state index contributed by atoms with van der Waals surface area (Å²) in [6.45, 7) is 0. The van der Waals surface area contributed by atoms with E-state index in [1.807, 2.05) is 0 Å². The van der Waals surface area contributed by atoms with Crippen LogP contribution in [0.2, 0.25) is 0 Å². The van der Waals surface area contributed by atoms with E-state index in [4.69, 9.17) is 5.73 Å². The number of carbonyl (C=O) groups is 1. The van der Waals surface area contributed by atoms with Gasteiger partial charge in [-0.1, -0.05) is 12.1 Å². The second kappa shape index (κ2) is 2.73. The van der Waals surface area contributed by atoms with Gasteiger partial charge in [0.1, 0.15) is 0 Å². The summed E-state index contributed by atoms with van der Waals surface area (Å²) in [4.78, 5) is 22.6. The number of amides is 1. The van der Waals surface area contributed by atoms with Gasteiger partial charge >= 0.3 is 11.7 Å². The Hall–Kier alpha value is -2.04. The van der Waals surface area contributed by atoms with E-state index in [2.05, 4.69) is 0 Å². The van der Waals surface area contributed by atoms with Crippen LogP contribution in [0.25, 0.3) is 11.0 Å². The fraction of sp³-hybridized carbons (Fsp3) is 0.111. The highest BCUT2D eigenvalue weighted by molar-refractivity contribution is 5.88. The SMILES string of the molecule is Cn1c(=O)n(C(N)=O)c2ccccc21. The van der Waals surface area contributed by atoms with Gasteiger partial charge < -0.3 is 5.73 Å². The average molecular weight is 191 g/mol. The average Bonchev–Trinajstić information content (AvgIpc) is 2.41. The Kier molecular flexibility index (Phi) is 1.67. The lowest BCUT2D eigenvalue weighted by Gasteiger charge is -1.93. The quantitative estimate of drug-likeness (QED) is 0.649. The van der Waals surface area contributed by atoms with Crippen LogP contribution < -0.4 is 11.4 Å². The summed E-state index contributed by atoms with van der Waals surface area (Å²) in [7, 11) is 1.60. The van der Waals surface area contributed by atoms with E-state index < -0.39 is 11.7 Å². The van der Waals surface area contributed by atoms with Crippen LogP contribution in [-0.2, 0) is 7.05 Å². The fourth-order valence-electron chi connectivity index (χ4n) is 1.51. The van der Waals surface area contributed by atoms with Gasteiger partial charge in [-0.3, -0.25) is 4.57 Å². The number of nitrogens with two attached hydrogens (primary N) is 1. The third-order valence-electron chi connectivity index (χ3n) is 2.18. The van der Waals surface area contributed by atoms with Gasteiger partial charge in [-0.25, -0.2) is 14.2 Å². The van der Waals surface area contributed by atoms with Gasteiger partial charge in [0.15, 0.2) is 0 Å². The molecule has 72 valence electrons. The van der Waals surface area contributed by atoms with Gasteiger partial charge in [-0.05, 0) is 12.1 Å². The molecule has 0 saturated heterocycles. The monoisotopic (exact) mass is 191 g/mol. The molecule has 2 rings (SSSR count). The number of carbonyl (C=O) groups excluding carboxylic acids is 1. The number of primary amides is 1. The molecule has 0 aliphatic carbocycles. The minimum absolute atomic E-state index is 0.418. The molecule has 0 bridgehead atoms. The second-order valence-corrected chi connectivity index (χ2v) is 3.00. The van der Waals surface area contributed by atoms with Crippen molar-refractivity contribution in [2.45, 2.75) is 0 Å². The lowest BCUT2D eigenvalue weighted by molar-refractivity contribution is 0.250. The van der Waals surface area contributed by atoms with E-state index in [9.17, 15) is 9.59 Å². The molecule has 5 nitrogen and oxygen atoms in total. The molecule has 0 atom stereocenters. The zero-order valence-corrected chi connectivity index (χ0v) is 7.60. The summed E-state index contributed by atoms with van der Waals surface area (Å²) < 4.78 is 2.34. The molecule has 1 amide bonds. The number of aryl methyl sites for hydroxylation is 1. The first-order valence-corrected chi connectivity index (χ1v) is 4.09. The van der Waals surface area contributed by atoms with Crippen molar-refractivity contribution in [1.29, 1.82) is 0 Å². The molecule has 14 heavy (non-hydrogen) atoms. The predicted octanol–water partition coefficient (Wildman–Crippen LogP) is 0.267. The predicted molar refractivity (Wildman–Crippen MR) is 52.2 cm³/mol. The molecule has 0 unspecified atom stereocenters. The topological polar surface area (TPSA) is 70.0 Å². The van der Waals surface area contributed by atoms with Gasteiger partial charge in [0.25, 0.3) is 0 Å². The molecule has 0 aliphatic rings. The maximum absolute atomic E-state index is 11.6. The lowest BCUT2D eigenvalue weighted by Crippen LogP contribution is -2.31. The number of imidazole rings is 1. The highest BCUT2D eigenvalue weighted by Gasteiger charge is 2.12. The van der Waals surface area contributed by atoms with Gasteiger partial charge in [-0.2, -0.15) is 0 Å². The number of hydrogen-bond acceptors (Lipinski definition) is 2. The molecule has 5 heteroatoms. The van der Waals surface area contributed by atoms with Crippen LogP contribution in [0.3, 0.4) is 0 Å². The normalized spacial score (nSPS) is 10.6. The molecule has 1 heterocycles. The Balaban J connectivity index is 3.03. The van der Waals surface area contributed by atoms with Crippen molar-refractivity contribution in [3.63, 3.8) is 0 Å². The molecule has 1 aromatic carbocycles. The van der Waals surface area contributed by atoms with Crippen LogP contribution in [0.4, 0.5) is 4.79 Å². The van der Waals surface area contributed by atoms with Crippen molar-refractivity contribution in [1.82, 2.24) is 9.13 Å². The summed E-state index contributed by atoms with van der Waals surface area (Å²) in [5, 5.41) is 0. The maximum Gasteiger partial charge on any atom is 0.337 e. The van der Waals surface area contributed by atoms with Gasteiger partial charge in [0.05, 0.1) is 11.0 Å². The molecule has 0 saturated carbocycles. The third kappa shape index (κ3) is 0.953. The zero-order chi connectivity index (χ0) is 10.3. The smallest absolute Gasteiger partial charge is 0.337 e. The standard InChI is InChI=1S/C9H9N3O2/c1-11-6-4-2-3-5-7(6)12(8(10)13)9(11)14/h2-5H,1H3,(H2,10,13). The number of rotatable bonds is 0. The summed E-state index contributed by atoms with van der Waals surface area (Å²) in [6.07, 6.45) is 0. The number of nitrogens with zero attached hydrogens (tertiary/aromatic N) is 2. The molecule has 0 fully saturated rings. The molecule has 0 aliphatic heterocycles. The number of fused-ring (bicyclic) bond motifs is 1. The Morgan fingerprint density at radius 1 is 1.29 bits per heavy atom. The number of aromatic nitrogens is 2. The Labute approximate surface area is 79.4 Å². The largest absolute Gasteiger partial charge is 0.351 e. The highest BCUT2D eigenvalue weighted by Crippen LogP contribution is 2.10. The van der Waals surface area contributed by atoms with E-state index in [1.165, 1.54) is 4.57 Å². The number of hydrogen-bond donors (Lipinski definition) is 1. The molecule has 0 radical (unpaired) electrons. The number of benzene rings is 1. The van der Waals surface area contributed by atoms with Crippen molar-refractivity contribution in [3.05, 3.63) is 34.7 Å². The van der Waals surface area contributed by atoms with E-state index >= 15 is 0 Å². The van der Waals surface area contributed by atoms with Crippen LogP contribution >= 0.6 is 0 Å². The summed E-state index contributed by atoms with van der Waals surface area (Å²) in [6, 6.07) is 6.23. The van der Waals surface area contributed by atoms with Crippen molar-refractivity contribution in [2.24, 2.45) is 12.8 Å². The van der Waals surface area contributed by atoms with E-state index in [-0.39, 0.29) is 0 Å². The minimum atomic E-state index is -0.758. The molecule has 0 spiro atoms. The summed E-state index contributed by atoms with van der Waals surface area (Å²) in [5.41, 5.74) is 5.91. The summed E-state index contributed by atoms with van der Waals surface area (Å²) in [5.74, 6) is 0. The Morgan fingerprint density at radius 3 is 2.43 bits per heavy atom. The van der Waals surface area contributed by atoms with Gasteiger partial charge in [0, 0.05) is 7.05 Å². The first-order chi connectivity index (χ1) is 6.63. The van der Waals surface area contributed by atoms with Crippen LogP contribution in [-0.4, -0.2) is 15.2 Å². The van der Waals surface area contributed by atoms with Crippen LogP contribution in [0, 0.1) is 0 Å². The molecule has 1 aromatic heterocycles. The van der Waals surface area contributed by atoms with E-state index in [0.29, 0.717) is 11.0 Å². The Bertz CT molecular complexity index is 565. The molecular formula is C9H9N3O2. The summed E-state index contributed by atoms with van der Waals surface area (Å²) >= 11 is 0. The maximum atomic E-state index is 11.6. The van der Waals surface area contributed by atoms with Crippen molar-refractivity contribution < 1.29 is 4.79 Å². The van der Waals surface area contributed by atoms with Crippen LogP contribution in [0.15, 0.2) is 29.1 Å². The van der Waals surface area contributed by atoms with E-state index in [1.54, 1.807) is 31.3 Å². The highest BCUT2D eigenvalue weighted by atomic mass is 16.2. The molecular weight excluding hydrogens is 182 g/mol. The second-order valence-electron chi connectivity index (χ2n) is 3.00. The third-order valence-corrected chi connectivity index (χ3v) is 2.18. The fourth-order valence-corrected chi connectivity index (χ4v) is 1.51. The Morgan fingerprint density at radius 2 is 1.86 bits per heavy atom. The minimum Gasteiger partial charge on any atom is -0.351 e. The van der Waals surface area contributed by atoms with Crippen LogP contribution in [0.1, 0.15) is 0 Å². The first kappa shape index (κ1) is 8.55. The molecule has 2 N–H and O–H groups in total. The van der Waals surface area contributed by atoms with Crippen molar-refractivity contribution >= 4 is 17.1 Å². The van der Waals surface area contributed by atoms with E-state index in [0.717, 1.165) is 4.57 Å². The molecule has 2 aromatic rings. The van der Waals surface area contributed by atoms with Crippen LogP contribution in [0.5, 0.6) is 0 Å². The zero-order valence-electron chi connectivity index (χ0n) is 7.60. The first-order valence-electron chi connectivity index (χ1n) is 4.09.